The molecule has 0 aliphatic heterocycles. The molecule has 2 aromatic rings. The predicted molar refractivity (Wildman–Crippen MR) is 73.3 cm³/mol. The molecule has 0 amide bonds. The third kappa shape index (κ3) is 2.02. The second-order valence-electron chi connectivity index (χ2n) is 4.82. The number of aryl methyl sites for hydroxylation is 1. The van der Waals surface area contributed by atoms with Gasteiger partial charge in [0.1, 0.15) is 5.82 Å². The first kappa shape index (κ1) is 12.2. The van der Waals surface area contributed by atoms with Crippen LogP contribution in [0.3, 0.4) is 0 Å². The van der Waals surface area contributed by atoms with E-state index in [9.17, 15) is 8.42 Å². The molecule has 1 saturated carbocycles. The zero-order valence-electron chi connectivity index (χ0n) is 10.6. The molecule has 0 radical (unpaired) electrons. The van der Waals surface area contributed by atoms with E-state index in [1.807, 2.05) is 6.07 Å². The van der Waals surface area contributed by atoms with Gasteiger partial charge in [0.2, 0.25) is 0 Å². The smallest absolute Gasteiger partial charge is 0.181 e. The number of anilines is 1. The fourth-order valence-electron chi connectivity index (χ4n) is 2.10. The summed E-state index contributed by atoms with van der Waals surface area (Å²) in [6, 6.07) is 8.67. The Hall–Kier alpha value is -1.82. The highest BCUT2D eigenvalue weighted by molar-refractivity contribution is 7.92. The largest absolute Gasteiger partial charge is 0.384 e. The van der Waals surface area contributed by atoms with E-state index in [0.29, 0.717) is 22.0 Å². The molecular weight excluding hydrogens is 262 g/mol. The van der Waals surface area contributed by atoms with Crippen molar-refractivity contribution in [1.82, 2.24) is 9.78 Å². The topological polar surface area (TPSA) is 78.0 Å². The van der Waals surface area contributed by atoms with Gasteiger partial charge in [0.25, 0.3) is 0 Å². The van der Waals surface area contributed by atoms with Crippen molar-refractivity contribution >= 4 is 15.7 Å². The van der Waals surface area contributed by atoms with Crippen molar-refractivity contribution < 1.29 is 8.42 Å². The lowest BCUT2D eigenvalue weighted by Crippen LogP contribution is -2.08. The van der Waals surface area contributed by atoms with Crippen LogP contribution in [0.5, 0.6) is 0 Å². The highest BCUT2D eigenvalue weighted by Gasteiger charge is 2.38. The van der Waals surface area contributed by atoms with Crippen LogP contribution in [-0.4, -0.2) is 23.4 Å². The van der Waals surface area contributed by atoms with Crippen molar-refractivity contribution in [2.24, 2.45) is 7.05 Å². The van der Waals surface area contributed by atoms with Crippen molar-refractivity contribution in [3.8, 4) is 11.3 Å². The van der Waals surface area contributed by atoms with Crippen LogP contribution in [0, 0.1) is 0 Å². The molecule has 1 aromatic carbocycles. The SMILES string of the molecule is Cn1nc(-c2ccccc2S(=O)(=O)C2CC2)cc1N. The number of hydrogen-bond acceptors (Lipinski definition) is 4. The molecule has 100 valence electrons. The number of nitrogens with two attached hydrogens (primary N) is 1. The standard InChI is InChI=1S/C13H15N3O2S/c1-16-13(14)8-11(15-16)10-4-2-3-5-12(10)19(17,18)9-6-7-9/h2-5,8-9H,6-7,14H2,1H3. The van der Waals surface area contributed by atoms with E-state index in [1.54, 1.807) is 31.3 Å². The Morgan fingerprint density at radius 1 is 1.32 bits per heavy atom. The van der Waals surface area contributed by atoms with E-state index in [2.05, 4.69) is 5.10 Å². The molecule has 1 aliphatic carbocycles. The Balaban J connectivity index is 2.17. The molecule has 1 heterocycles. The molecule has 2 N–H and O–H groups in total. The van der Waals surface area contributed by atoms with Crippen LogP contribution in [0.15, 0.2) is 35.2 Å². The van der Waals surface area contributed by atoms with Crippen LogP contribution in [-0.2, 0) is 16.9 Å². The molecule has 0 spiro atoms. The summed E-state index contributed by atoms with van der Waals surface area (Å²) in [7, 11) is -1.51. The zero-order valence-corrected chi connectivity index (χ0v) is 11.4. The second kappa shape index (κ2) is 4.09. The van der Waals surface area contributed by atoms with Gasteiger partial charge in [-0.3, -0.25) is 4.68 Å². The quantitative estimate of drug-likeness (QED) is 0.924. The van der Waals surface area contributed by atoms with Gasteiger partial charge in [-0.1, -0.05) is 18.2 Å². The minimum atomic E-state index is -3.24. The molecule has 3 rings (SSSR count). The number of nitrogens with zero attached hydrogens (tertiary/aromatic N) is 2. The Kier molecular flexibility index (Phi) is 2.63. The van der Waals surface area contributed by atoms with E-state index >= 15 is 0 Å². The van der Waals surface area contributed by atoms with E-state index in [-0.39, 0.29) is 5.25 Å². The molecule has 1 aromatic heterocycles. The van der Waals surface area contributed by atoms with Gasteiger partial charge in [-0.2, -0.15) is 5.10 Å². The molecule has 0 saturated heterocycles. The minimum absolute atomic E-state index is 0.227. The summed E-state index contributed by atoms with van der Waals surface area (Å²) < 4.78 is 26.4. The summed E-state index contributed by atoms with van der Waals surface area (Å²) in [6.45, 7) is 0. The van der Waals surface area contributed by atoms with Crippen molar-refractivity contribution in [2.45, 2.75) is 23.0 Å². The van der Waals surface area contributed by atoms with Gasteiger partial charge in [-0.15, -0.1) is 0 Å². The lowest BCUT2D eigenvalue weighted by molar-refractivity contribution is 0.595. The summed E-state index contributed by atoms with van der Waals surface area (Å²) in [6.07, 6.45) is 1.50. The molecule has 19 heavy (non-hydrogen) atoms. The molecule has 5 nitrogen and oxygen atoms in total. The summed E-state index contributed by atoms with van der Waals surface area (Å²) in [5.41, 5.74) is 6.98. The molecule has 0 bridgehead atoms. The van der Waals surface area contributed by atoms with E-state index < -0.39 is 9.84 Å². The fraction of sp³-hybridized carbons (Fsp3) is 0.308. The zero-order chi connectivity index (χ0) is 13.6. The van der Waals surface area contributed by atoms with E-state index in [4.69, 9.17) is 5.73 Å². The van der Waals surface area contributed by atoms with Crippen LogP contribution in [0.2, 0.25) is 0 Å². The van der Waals surface area contributed by atoms with Crippen molar-refractivity contribution in [3.05, 3.63) is 30.3 Å². The maximum atomic E-state index is 12.4. The number of rotatable bonds is 3. The maximum absolute atomic E-state index is 12.4. The first-order valence-corrected chi connectivity index (χ1v) is 7.67. The Morgan fingerprint density at radius 3 is 2.58 bits per heavy atom. The van der Waals surface area contributed by atoms with Gasteiger partial charge >= 0.3 is 0 Å². The van der Waals surface area contributed by atoms with Crippen LogP contribution in [0.4, 0.5) is 5.82 Å². The lowest BCUT2D eigenvalue weighted by atomic mass is 10.1. The van der Waals surface area contributed by atoms with Crippen LogP contribution >= 0.6 is 0 Å². The van der Waals surface area contributed by atoms with Gasteiger partial charge < -0.3 is 5.73 Å². The molecule has 1 fully saturated rings. The average molecular weight is 277 g/mol. The number of hydrogen-bond donors (Lipinski definition) is 1. The molecule has 0 unspecified atom stereocenters. The Bertz CT molecular complexity index is 711. The molecule has 6 heteroatoms. The van der Waals surface area contributed by atoms with Gasteiger partial charge in [0.15, 0.2) is 9.84 Å². The average Bonchev–Trinajstić information content (AvgIpc) is 3.18. The van der Waals surface area contributed by atoms with Gasteiger partial charge in [0, 0.05) is 18.7 Å². The number of sulfone groups is 1. The Labute approximate surface area is 112 Å². The maximum Gasteiger partial charge on any atom is 0.181 e. The van der Waals surface area contributed by atoms with Gasteiger partial charge in [0.05, 0.1) is 15.8 Å². The van der Waals surface area contributed by atoms with Crippen molar-refractivity contribution in [1.29, 1.82) is 0 Å². The third-order valence-electron chi connectivity index (χ3n) is 3.35. The highest BCUT2D eigenvalue weighted by atomic mass is 32.2. The number of nitrogen functional groups attached to an aromatic ring is 1. The van der Waals surface area contributed by atoms with E-state index in [1.165, 1.54) is 4.68 Å². The summed E-state index contributed by atoms with van der Waals surface area (Å²) in [4.78, 5) is 0.357. The van der Waals surface area contributed by atoms with Crippen molar-refractivity contribution in [3.63, 3.8) is 0 Å². The highest BCUT2D eigenvalue weighted by Crippen LogP contribution is 2.37. The first-order valence-electron chi connectivity index (χ1n) is 6.13. The van der Waals surface area contributed by atoms with Gasteiger partial charge in [-0.25, -0.2) is 8.42 Å². The number of aromatic nitrogens is 2. The summed E-state index contributed by atoms with van der Waals surface area (Å²) in [5.74, 6) is 0.508. The fourth-order valence-corrected chi connectivity index (χ4v) is 3.96. The van der Waals surface area contributed by atoms with Crippen LogP contribution < -0.4 is 5.73 Å². The summed E-state index contributed by atoms with van der Waals surface area (Å²) >= 11 is 0. The second-order valence-corrected chi connectivity index (χ2v) is 7.02. The molecular formula is C13H15N3O2S. The number of benzene rings is 1. The summed E-state index contributed by atoms with van der Waals surface area (Å²) in [5, 5.41) is 4.03. The van der Waals surface area contributed by atoms with Gasteiger partial charge in [-0.05, 0) is 18.9 Å². The van der Waals surface area contributed by atoms with Crippen molar-refractivity contribution in [2.75, 3.05) is 5.73 Å². The van der Waals surface area contributed by atoms with Crippen LogP contribution in [0.1, 0.15) is 12.8 Å². The monoisotopic (exact) mass is 277 g/mol. The minimum Gasteiger partial charge on any atom is -0.384 e. The molecule has 1 aliphatic rings. The Morgan fingerprint density at radius 2 is 2.00 bits per heavy atom. The molecule has 0 atom stereocenters. The lowest BCUT2D eigenvalue weighted by Gasteiger charge is -2.07. The normalized spacial score (nSPS) is 15.6. The first-order chi connectivity index (χ1) is 9.00. The third-order valence-corrected chi connectivity index (χ3v) is 5.67. The predicted octanol–water partition coefficient (Wildman–Crippen LogP) is 1.61. The van der Waals surface area contributed by atoms with Crippen LogP contribution in [0.25, 0.3) is 11.3 Å². The van der Waals surface area contributed by atoms with E-state index in [0.717, 1.165) is 12.8 Å².